The lowest BCUT2D eigenvalue weighted by Gasteiger charge is -2.36. The Labute approximate surface area is 129 Å². The molecule has 1 nitrogen and oxygen atoms in total. The minimum Gasteiger partial charge on any atom is -0.312 e. The van der Waals surface area contributed by atoms with Crippen LogP contribution in [-0.2, 0) is 5.41 Å². The Bertz CT molecular complexity index is 611. The van der Waals surface area contributed by atoms with Crippen molar-refractivity contribution in [2.24, 2.45) is 0 Å². The summed E-state index contributed by atoms with van der Waals surface area (Å²) in [6.45, 7) is 11.2. The van der Waals surface area contributed by atoms with Gasteiger partial charge in [0.15, 0.2) is 0 Å². The van der Waals surface area contributed by atoms with E-state index in [2.05, 4.69) is 89.4 Å². The van der Waals surface area contributed by atoms with Crippen LogP contribution in [0.2, 0.25) is 0 Å². The predicted octanol–water partition coefficient (Wildman–Crippen LogP) is 4.85. The van der Waals surface area contributed by atoms with Gasteiger partial charge in [-0.3, -0.25) is 0 Å². The third kappa shape index (κ3) is 3.03. The Kier molecular flexibility index (Phi) is 4.53. The van der Waals surface area contributed by atoms with Crippen LogP contribution >= 0.6 is 0 Å². The van der Waals surface area contributed by atoms with E-state index in [9.17, 15) is 0 Å². The molecule has 0 aliphatic rings. The summed E-state index contributed by atoms with van der Waals surface area (Å²) in [5.41, 5.74) is 6.88. The molecule has 0 aliphatic heterocycles. The van der Waals surface area contributed by atoms with Crippen LogP contribution in [0.1, 0.15) is 47.7 Å². The predicted molar refractivity (Wildman–Crippen MR) is 91.9 cm³/mol. The van der Waals surface area contributed by atoms with Crippen molar-refractivity contribution in [2.75, 3.05) is 7.05 Å². The molecule has 0 radical (unpaired) electrons. The molecule has 0 fully saturated rings. The summed E-state index contributed by atoms with van der Waals surface area (Å²) in [4.78, 5) is 0. The number of aryl methyl sites for hydroxylation is 3. The first-order valence-electron chi connectivity index (χ1n) is 7.68. The Balaban J connectivity index is 2.51. The van der Waals surface area contributed by atoms with Crippen molar-refractivity contribution in [3.8, 4) is 0 Å². The molecule has 2 aromatic carbocycles. The first-order valence-corrected chi connectivity index (χ1v) is 7.68. The SMILES string of the molecule is CNC(c1cc(C)c(C)cc1C)C(C)(C)c1ccccc1. The molecule has 0 saturated heterocycles. The third-order valence-electron chi connectivity index (χ3n) is 4.72. The third-order valence-corrected chi connectivity index (χ3v) is 4.72. The molecule has 0 aliphatic carbocycles. The maximum absolute atomic E-state index is 3.54. The summed E-state index contributed by atoms with van der Waals surface area (Å²) in [5.74, 6) is 0. The quantitative estimate of drug-likeness (QED) is 0.844. The average molecular weight is 281 g/mol. The largest absolute Gasteiger partial charge is 0.312 e. The summed E-state index contributed by atoms with van der Waals surface area (Å²) >= 11 is 0. The second-order valence-corrected chi connectivity index (χ2v) is 6.60. The second-order valence-electron chi connectivity index (χ2n) is 6.60. The van der Waals surface area contributed by atoms with Gasteiger partial charge >= 0.3 is 0 Å². The van der Waals surface area contributed by atoms with E-state index < -0.39 is 0 Å². The molecule has 0 saturated carbocycles. The fraction of sp³-hybridized carbons (Fsp3) is 0.400. The molecule has 2 aromatic rings. The van der Waals surface area contributed by atoms with E-state index >= 15 is 0 Å². The highest BCUT2D eigenvalue weighted by molar-refractivity contribution is 5.41. The highest BCUT2D eigenvalue weighted by Gasteiger charge is 2.32. The molecule has 1 atom stereocenters. The number of rotatable bonds is 4. The average Bonchev–Trinajstić information content (AvgIpc) is 2.46. The molecule has 0 aromatic heterocycles. The minimum absolute atomic E-state index is 0.0302. The summed E-state index contributed by atoms with van der Waals surface area (Å²) in [5, 5.41) is 3.54. The first kappa shape index (κ1) is 15.8. The normalized spacial score (nSPS) is 13.2. The zero-order valence-corrected chi connectivity index (χ0v) is 14.1. The maximum Gasteiger partial charge on any atom is 0.0413 e. The zero-order chi connectivity index (χ0) is 15.6. The maximum atomic E-state index is 3.54. The van der Waals surface area contributed by atoms with Crippen LogP contribution in [0.15, 0.2) is 42.5 Å². The van der Waals surface area contributed by atoms with E-state index in [1.165, 1.54) is 27.8 Å². The smallest absolute Gasteiger partial charge is 0.0413 e. The summed E-state index contributed by atoms with van der Waals surface area (Å²) in [6, 6.07) is 15.7. The fourth-order valence-electron chi connectivity index (χ4n) is 3.23. The number of benzene rings is 2. The lowest BCUT2D eigenvalue weighted by molar-refractivity contribution is 0.367. The van der Waals surface area contributed by atoms with Crippen LogP contribution < -0.4 is 5.32 Å². The van der Waals surface area contributed by atoms with Crippen molar-refractivity contribution < 1.29 is 0 Å². The number of likely N-dealkylation sites (N-methyl/N-ethyl adjacent to an activating group) is 1. The highest BCUT2D eigenvalue weighted by atomic mass is 14.9. The molecule has 1 heteroatoms. The van der Waals surface area contributed by atoms with E-state index in [-0.39, 0.29) is 5.41 Å². The molecule has 2 rings (SSSR count). The van der Waals surface area contributed by atoms with Gasteiger partial charge in [0.2, 0.25) is 0 Å². The summed E-state index contributed by atoms with van der Waals surface area (Å²) < 4.78 is 0. The monoisotopic (exact) mass is 281 g/mol. The number of hydrogen-bond donors (Lipinski definition) is 1. The van der Waals surface area contributed by atoms with Crippen molar-refractivity contribution in [1.82, 2.24) is 5.32 Å². The number of hydrogen-bond acceptors (Lipinski definition) is 1. The Morgan fingerprint density at radius 3 is 2.00 bits per heavy atom. The van der Waals surface area contributed by atoms with Crippen molar-refractivity contribution in [3.05, 3.63) is 70.3 Å². The van der Waals surface area contributed by atoms with Crippen molar-refractivity contribution >= 4 is 0 Å². The van der Waals surface area contributed by atoms with E-state index in [1.54, 1.807) is 0 Å². The van der Waals surface area contributed by atoms with Crippen LogP contribution in [0.5, 0.6) is 0 Å². The van der Waals surface area contributed by atoms with Gasteiger partial charge in [0, 0.05) is 11.5 Å². The van der Waals surface area contributed by atoms with E-state index in [1.807, 2.05) is 0 Å². The van der Waals surface area contributed by atoms with Crippen LogP contribution in [0.3, 0.4) is 0 Å². The summed E-state index contributed by atoms with van der Waals surface area (Å²) in [6.07, 6.45) is 0. The molecule has 1 N–H and O–H groups in total. The van der Waals surface area contributed by atoms with Gasteiger partial charge in [0.1, 0.15) is 0 Å². The molecule has 0 bridgehead atoms. The molecule has 0 heterocycles. The van der Waals surface area contributed by atoms with Crippen molar-refractivity contribution in [1.29, 1.82) is 0 Å². The zero-order valence-electron chi connectivity index (χ0n) is 14.1. The van der Waals surface area contributed by atoms with Gasteiger partial charge in [0.05, 0.1) is 0 Å². The molecular weight excluding hydrogens is 254 g/mol. The van der Waals surface area contributed by atoms with Gasteiger partial charge < -0.3 is 5.32 Å². The Hall–Kier alpha value is -1.60. The number of nitrogens with one attached hydrogen (secondary N) is 1. The topological polar surface area (TPSA) is 12.0 Å². The van der Waals surface area contributed by atoms with E-state index in [4.69, 9.17) is 0 Å². The van der Waals surface area contributed by atoms with Gasteiger partial charge in [-0.25, -0.2) is 0 Å². The van der Waals surface area contributed by atoms with E-state index in [0.29, 0.717) is 6.04 Å². The molecule has 0 amide bonds. The second kappa shape index (κ2) is 6.03. The van der Waals surface area contributed by atoms with Crippen LogP contribution in [0, 0.1) is 20.8 Å². The lowest BCUT2D eigenvalue weighted by Crippen LogP contribution is -2.36. The molecule has 21 heavy (non-hydrogen) atoms. The van der Waals surface area contributed by atoms with Crippen molar-refractivity contribution in [2.45, 2.75) is 46.1 Å². The van der Waals surface area contributed by atoms with Crippen LogP contribution in [0.25, 0.3) is 0 Å². The Morgan fingerprint density at radius 1 is 0.857 bits per heavy atom. The van der Waals surface area contributed by atoms with Gasteiger partial charge in [0.25, 0.3) is 0 Å². The molecule has 1 unspecified atom stereocenters. The van der Waals surface area contributed by atoms with E-state index in [0.717, 1.165) is 0 Å². The first-order chi connectivity index (χ1) is 9.87. The molecule has 112 valence electrons. The molecular formula is C20H27N. The highest BCUT2D eigenvalue weighted by Crippen LogP contribution is 2.38. The van der Waals surface area contributed by atoms with Gasteiger partial charge in [-0.05, 0) is 55.6 Å². The van der Waals surface area contributed by atoms with Gasteiger partial charge in [-0.1, -0.05) is 56.3 Å². The fourth-order valence-corrected chi connectivity index (χ4v) is 3.23. The molecule has 0 spiro atoms. The summed E-state index contributed by atoms with van der Waals surface area (Å²) in [7, 11) is 2.06. The van der Waals surface area contributed by atoms with Gasteiger partial charge in [-0.15, -0.1) is 0 Å². The van der Waals surface area contributed by atoms with Crippen LogP contribution in [0.4, 0.5) is 0 Å². The van der Waals surface area contributed by atoms with Crippen LogP contribution in [-0.4, -0.2) is 7.05 Å². The van der Waals surface area contributed by atoms with Gasteiger partial charge in [-0.2, -0.15) is 0 Å². The lowest BCUT2D eigenvalue weighted by atomic mass is 9.73. The van der Waals surface area contributed by atoms with Crippen molar-refractivity contribution in [3.63, 3.8) is 0 Å². The standard InChI is InChI=1S/C20H27N/c1-14-12-16(3)18(13-15(14)2)19(21-6)20(4,5)17-10-8-7-9-11-17/h7-13,19,21H,1-6H3. The minimum atomic E-state index is 0.0302. The Morgan fingerprint density at radius 2 is 1.43 bits per heavy atom.